The molecule has 0 radical (unpaired) electrons. The second-order valence-corrected chi connectivity index (χ2v) is 7.85. The molecule has 1 aromatic rings. The van der Waals surface area contributed by atoms with Gasteiger partial charge in [0, 0.05) is 18.7 Å². The molecule has 0 fully saturated rings. The zero-order valence-corrected chi connectivity index (χ0v) is 13.4. The lowest BCUT2D eigenvalue weighted by atomic mass is 10.2. The fraction of sp³-hybridized carbons (Fsp3) is 0.364. The number of hydrogen-bond acceptors (Lipinski definition) is 4. The average molecular weight is 352 g/mol. The molecule has 0 unspecified atom stereocenters. The Bertz CT molecular complexity index is 559. The highest BCUT2D eigenvalue weighted by atomic mass is 31.2. The van der Waals surface area contributed by atoms with Crippen LogP contribution in [0.15, 0.2) is 30.3 Å². The third-order valence-corrected chi connectivity index (χ3v) is 4.05. The minimum Gasteiger partial charge on any atom is -0.351 e. The summed E-state index contributed by atoms with van der Waals surface area (Å²) in [7, 11) is -8.92. The first-order chi connectivity index (χ1) is 10.1. The SMILES string of the molecule is O=C(NCCN(CP(=O)(O)O)CP(=O)(O)O)c1ccccc1. The average Bonchev–Trinajstić information content (AvgIpc) is 2.35. The summed E-state index contributed by atoms with van der Waals surface area (Å²) in [4.78, 5) is 48.3. The summed E-state index contributed by atoms with van der Waals surface area (Å²) in [5.74, 6) is -0.382. The Kier molecular flexibility index (Phi) is 6.90. The number of hydrogen-bond donors (Lipinski definition) is 5. The summed E-state index contributed by atoms with van der Waals surface area (Å²) in [5.41, 5.74) is 0.416. The zero-order chi connectivity index (χ0) is 16.8. The Morgan fingerprint density at radius 3 is 1.95 bits per heavy atom. The Balaban J connectivity index is 2.54. The number of amides is 1. The molecule has 0 saturated carbocycles. The van der Waals surface area contributed by atoms with Gasteiger partial charge in [0.2, 0.25) is 0 Å². The maximum Gasteiger partial charge on any atom is 0.339 e. The van der Waals surface area contributed by atoms with Crippen LogP contribution in [0.5, 0.6) is 0 Å². The molecule has 1 aromatic carbocycles. The zero-order valence-electron chi connectivity index (χ0n) is 11.6. The monoisotopic (exact) mass is 352 g/mol. The quantitative estimate of drug-likeness (QED) is 0.410. The van der Waals surface area contributed by atoms with Crippen LogP contribution in [0.3, 0.4) is 0 Å². The highest BCUT2D eigenvalue weighted by Gasteiger charge is 2.25. The Morgan fingerprint density at radius 2 is 1.50 bits per heavy atom. The van der Waals surface area contributed by atoms with Gasteiger partial charge < -0.3 is 24.9 Å². The lowest BCUT2D eigenvalue weighted by Crippen LogP contribution is -2.36. The predicted molar refractivity (Wildman–Crippen MR) is 79.3 cm³/mol. The molecule has 22 heavy (non-hydrogen) atoms. The number of carbonyl (C=O) groups excluding carboxylic acids is 1. The molecule has 0 heterocycles. The number of benzene rings is 1. The number of nitrogens with zero attached hydrogens (tertiary/aromatic N) is 1. The van der Waals surface area contributed by atoms with E-state index in [0.29, 0.717) is 5.56 Å². The molecule has 1 amide bonds. The van der Waals surface area contributed by atoms with Gasteiger partial charge in [-0.3, -0.25) is 18.8 Å². The molecule has 1 rings (SSSR count). The highest BCUT2D eigenvalue weighted by Crippen LogP contribution is 2.40. The summed E-state index contributed by atoms with van der Waals surface area (Å²) >= 11 is 0. The third-order valence-electron chi connectivity index (χ3n) is 2.52. The van der Waals surface area contributed by atoms with Gasteiger partial charge in [0.25, 0.3) is 5.91 Å². The van der Waals surface area contributed by atoms with Crippen LogP contribution in [0.1, 0.15) is 10.4 Å². The highest BCUT2D eigenvalue weighted by molar-refractivity contribution is 7.52. The van der Waals surface area contributed by atoms with E-state index in [1.807, 2.05) is 0 Å². The molecule has 124 valence electrons. The first kappa shape index (κ1) is 19.0. The van der Waals surface area contributed by atoms with E-state index in [-0.39, 0.29) is 19.0 Å². The third kappa shape index (κ3) is 8.41. The fourth-order valence-electron chi connectivity index (χ4n) is 1.73. The lowest BCUT2D eigenvalue weighted by molar-refractivity contribution is 0.0950. The fourth-order valence-corrected chi connectivity index (χ4v) is 3.41. The molecular weight excluding hydrogens is 334 g/mol. The number of rotatable bonds is 8. The Labute approximate surface area is 127 Å². The van der Waals surface area contributed by atoms with Crippen molar-refractivity contribution in [1.29, 1.82) is 0 Å². The van der Waals surface area contributed by atoms with Crippen LogP contribution in [0, 0.1) is 0 Å². The van der Waals surface area contributed by atoms with E-state index in [1.165, 1.54) is 0 Å². The van der Waals surface area contributed by atoms with Crippen molar-refractivity contribution in [3.8, 4) is 0 Å². The van der Waals surface area contributed by atoms with Crippen LogP contribution in [0.2, 0.25) is 0 Å². The summed E-state index contributed by atoms with van der Waals surface area (Å²) in [6.45, 7) is -0.109. The molecule has 9 nitrogen and oxygen atoms in total. The molecular formula is C11H18N2O7P2. The second-order valence-electron chi connectivity index (χ2n) is 4.63. The van der Waals surface area contributed by atoms with Crippen molar-refractivity contribution in [3.63, 3.8) is 0 Å². The lowest BCUT2D eigenvalue weighted by Gasteiger charge is -2.22. The predicted octanol–water partition coefficient (Wildman–Crippen LogP) is -0.0112. The van der Waals surface area contributed by atoms with Gasteiger partial charge in [-0.1, -0.05) is 18.2 Å². The summed E-state index contributed by atoms with van der Waals surface area (Å²) < 4.78 is 21.9. The van der Waals surface area contributed by atoms with Crippen LogP contribution < -0.4 is 5.32 Å². The van der Waals surface area contributed by atoms with E-state index in [9.17, 15) is 13.9 Å². The van der Waals surface area contributed by atoms with Gasteiger partial charge in [0.05, 0.1) is 0 Å². The van der Waals surface area contributed by atoms with Crippen molar-refractivity contribution in [2.75, 3.05) is 25.7 Å². The first-order valence-electron chi connectivity index (χ1n) is 6.21. The molecule has 0 atom stereocenters. The van der Waals surface area contributed by atoms with Crippen molar-refractivity contribution >= 4 is 21.1 Å². The molecule has 0 aliphatic heterocycles. The van der Waals surface area contributed by atoms with Gasteiger partial charge in [-0.15, -0.1) is 0 Å². The van der Waals surface area contributed by atoms with Crippen LogP contribution in [0.25, 0.3) is 0 Å². The molecule has 0 spiro atoms. The molecule has 0 aliphatic rings. The van der Waals surface area contributed by atoms with E-state index >= 15 is 0 Å². The molecule has 5 N–H and O–H groups in total. The van der Waals surface area contributed by atoms with Crippen molar-refractivity contribution < 1.29 is 33.5 Å². The van der Waals surface area contributed by atoms with Crippen molar-refractivity contribution in [2.45, 2.75) is 0 Å². The van der Waals surface area contributed by atoms with Gasteiger partial charge in [-0.25, -0.2) is 0 Å². The van der Waals surface area contributed by atoms with E-state index in [1.54, 1.807) is 30.3 Å². The minimum atomic E-state index is -4.46. The van der Waals surface area contributed by atoms with E-state index in [0.717, 1.165) is 4.90 Å². The molecule has 0 aromatic heterocycles. The van der Waals surface area contributed by atoms with E-state index in [4.69, 9.17) is 19.6 Å². The standard InChI is InChI=1S/C11H18N2O7P2/c14-11(10-4-2-1-3-5-10)12-6-7-13(8-21(15,16)17)9-22(18,19)20/h1-5H,6-9H2,(H,12,14)(H2,15,16,17)(H2,18,19,20). The molecule has 11 heteroatoms. The second kappa shape index (κ2) is 7.99. The van der Waals surface area contributed by atoms with Crippen molar-refractivity contribution in [1.82, 2.24) is 10.2 Å². The van der Waals surface area contributed by atoms with Gasteiger partial charge in [-0.2, -0.15) is 0 Å². The summed E-state index contributed by atoms with van der Waals surface area (Å²) in [6, 6.07) is 8.31. The number of nitrogens with one attached hydrogen (secondary N) is 1. The van der Waals surface area contributed by atoms with Crippen LogP contribution in [-0.4, -0.2) is 56.0 Å². The molecule has 0 aliphatic carbocycles. The van der Waals surface area contributed by atoms with Crippen LogP contribution >= 0.6 is 15.2 Å². The van der Waals surface area contributed by atoms with Crippen LogP contribution in [0.4, 0.5) is 0 Å². The maximum atomic E-state index is 11.8. The molecule has 0 saturated heterocycles. The van der Waals surface area contributed by atoms with Gasteiger partial charge in [0.1, 0.15) is 12.6 Å². The van der Waals surface area contributed by atoms with Crippen molar-refractivity contribution in [3.05, 3.63) is 35.9 Å². The normalized spacial score (nSPS) is 12.4. The topological polar surface area (TPSA) is 147 Å². The molecule has 0 bridgehead atoms. The van der Waals surface area contributed by atoms with Gasteiger partial charge in [0.15, 0.2) is 0 Å². The van der Waals surface area contributed by atoms with E-state index < -0.39 is 27.8 Å². The first-order valence-corrected chi connectivity index (χ1v) is 9.81. The minimum absolute atomic E-state index is 0.00622. The maximum absolute atomic E-state index is 11.8. The summed E-state index contributed by atoms with van der Waals surface area (Å²) in [6.07, 6.45) is -1.58. The van der Waals surface area contributed by atoms with E-state index in [2.05, 4.69) is 5.32 Å². The Morgan fingerprint density at radius 1 is 1.00 bits per heavy atom. The largest absolute Gasteiger partial charge is 0.351 e. The van der Waals surface area contributed by atoms with Crippen molar-refractivity contribution in [2.24, 2.45) is 0 Å². The van der Waals surface area contributed by atoms with Crippen LogP contribution in [-0.2, 0) is 9.13 Å². The van der Waals surface area contributed by atoms with Gasteiger partial charge >= 0.3 is 15.2 Å². The van der Waals surface area contributed by atoms with Gasteiger partial charge in [-0.05, 0) is 12.1 Å². The number of carbonyl (C=O) groups is 1. The Hall–Kier alpha value is -1.05. The smallest absolute Gasteiger partial charge is 0.339 e. The summed E-state index contributed by atoms with van der Waals surface area (Å²) in [5, 5.41) is 2.51.